The zero-order chi connectivity index (χ0) is 23.8. The molecule has 6 aromatic rings. The largest absolute Gasteiger partial charge is 0.358 e. The maximum atomic E-state index is 13.6. The van der Waals surface area contributed by atoms with Gasteiger partial charge >= 0.3 is 0 Å². The van der Waals surface area contributed by atoms with E-state index in [1.807, 2.05) is 47.1 Å². The van der Waals surface area contributed by atoms with E-state index in [0.717, 1.165) is 50.5 Å². The highest BCUT2D eigenvalue weighted by Crippen LogP contribution is 2.30. The van der Waals surface area contributed by atoms with Crippen LogP contribution in [0, 0.1) is 5.82 Å². The van der Waals surface area contributed by atoms with Crippen LogP contribution in [0.5, 0.6) is 0 Å². The first-order chi connectivity index (χ1) is 17.2. The molecule has 0 aliphatic carbocycles. The van der Waals surface area contributed by atoms with E-state index in [0.29, 0.717) is 18.1 Å². The first kappa shape index (κ1) is 20.7. The molecule has 0 unspecified atom stereocenters. The van der Waals surface area contributed by atoms with Crippen LogP contribution in [0.3, 0.4) is 0 Å². The van der Waals surface area contributed by atoms with Crippen LogP contribution in [0.15, 0.2) is 85.5 Å². The highest BCUT2D eigenvalue weighted by Gasteiger charge is 2.10. The summed E-state index contributed by atoms with van der Waals surface area (Å²) in [5.74, 6) is 0.417. The van der Waals surface area contributed by atoms with Crippen LogP contribution in [0.2, 0.25) is 0 Å². The van der Waals surface area contributed by atoms with Crippen molar-refractivity contribution in [2.24, 2.45) is 0 Å². The van der Waals surface area contributed by atoms with Crippen LogP contribution in [0.1, 0.15) is 16.1 Å². The fraction of sp³-hybridized carbons (Fsp3) is 0.0370. The van der Waals surface area contributed by atoms with E-state index in [1.165, 1.54) is 18.5 Å². The zero-order valence-electron chi connectivity index (χ0n) is 18.4. The Balaban J connectivity index is 1.31. The van der Waals surface area contributed by atoms with Gasteiger partial charge in [0, 0.05) is 22.7 Å². The Morgan fingerprint density at radius 3 is 2.80 bits per heavy atom. The molecule has 0 saturated heterocycles. The van der Waals surface area contributed by atoms with E-state index in [-0.39, 0.29) is 5.82 Å². The quantitative estimate of drug-likeness (QED) is 0.309. The maximum absolute atomic E-state index is 13.6. The van der Waals surface area contributed by atoms with Crippen LogP contribution in [0.25, 0.3) is 32.9 Å². The van der Waals surface area contributed by atoms with E-state index in [1.54, 1.807) is 24.5 Å². The normalized spacial score (nSPS) is 11.2. The highest BCUT2D eigenvalue weighted by atomic mass is 19.1. The van der Waals surface area contributed by atoms with E-state index in [4.69, 9.17) is 0 Å². The Morgan fingerprint density at radius 1 is 1.00 bits per heavy atom. The van der Waals surface area contributed by atoms with Crippen LogP contribution in [-0.2, 0) is 6.54 Å². The van der Waals surface area contributed by atoms with Gasteiger partial charge in [-0.1, -0.05) is 18.2 Å². The number of carbonyl (C=O) groups excluding carboxylic acids is 1. The fourth-order valence-corrected chi connectivity index (χ4v) is 4.22. The van der Waals surface area contributed by atoms with Gasteiger partial charge in [0.2, 0.25) is 0 Å². The van der Waals surface area contributed by atoms with Crippen molar-refractivity contribution in [3.8, 4) is 11.1 Å². The number of H-pyrrole nitrogens is 1. The van der Waals surface area contributed by atoms with Gasteiger partial charge < -0.3 is 10.3 Å². The third kappa shape index (κ3) is 4.02. The summed E-state index contributed by atoms with van der Waals surface area (Å²) in [6.07, 6.45) is 5.92. The topological polar surface area (TPSA) is 88.5 Å². The fourth-order valence-electron chi connectivity index (χ4n) is 4.22. The number of fused-ring (bicyclic) bond motifs is 2. The van der Waals surface area contributed by atoms with E-state index in [2.05, 4.69) is 25.4 Å². The van der Waals surface area contributed by atoms with Gasteiger partial charge in [-0.3, -0.25) is 9.48 Å². The number of halogens is 1. The van der Waals surface area contributed by atoms with Gasteiger partial charge in [-0.05, 0) is 65.2 Å². The van der Waals surface area contributed by atoms with Crippen LogP contribution >= 0.6 is 0 Å². The predicted octanol–water partition coefficient (Wildman–Crippen LogP) is 5.72. The molecule has 8 heteroatoms. The van der Waals surface area contributed by atoms with Gasteiger partial charge in [-0.2, -0.15) is 5.10 Å². The molecule has 35 heavy (non-hydrogen) atoms. The summed E-state index contributed by atoms with van der Waals surface area (Å²) in [5, 5.41) is 9.70. The second kappa shape index (κ2) is 8.49. The lowest BCUT2D eigenvalue weighted by Gasteiger charge is -2.10. The molecule has 0 aliphatic rings. The summed E-state index contributed by atoms with van der Waals surface area (Å²) in [4.78, 5) is 22.8. The second-order valence-corrected chi connectivity index (χ2v) is 8.25. The van der Waals surface area contributed by atoms with Gasteiger partial charge in [0.1, 0.15) is 18.0 Å². The van der Waals surface area contributed by atoms with Crippen molar-refractivity contribution in [1.82, 2.24) is 24.7 Å². The average Bonchev–Trinajstić information content (AvgIpc) is 3.51. The number of hydrogen-bond acceptors (Lipinski definition) is 5. The average molecular weight is 462 g/mol. The van der Waals surface area contributed by atoms with E-state index in [9.17, 15) is 9.18 Å². The minimum atomic E-state index is -0.258. The first-order valence-corrected chi connectivity index (χ1v) is 11.0. The third-order valence-corrected chi connectivity index (χ3v) is 5.93. The predicted molar refractivity (Wildman–Crippen MR) is 133 cm³/mol. The van der Waals surface area contributed by atoms with Crippen molar-refractivity contribution in [3.63, 3.8) is 0 Å². The summed E-state index contributed by atoms with van der Waals surface area (Å²) in [7, 11) is 0. The highest BCUT2D eigenvalue weighted by molar-refractivity contribution is 5.95. The number of benzene rings is 3. The Hall–Kier alpha value is -4.85. The number of nitrogens with one attached hydrogen (secondary N) is 2. The van der Waals surface area contributed by atoms with Gasteiger partial charge in [0.05, 0.1) is 29.5 Å². The molecule has 6 rings (SSSR count). The SMILES string of the molecule is O=Cc1cc(-c2ccc3ncnc(Nc4ccc5c(cnn5Cc5cccc(F)c5)c4)c3c2)c[nH]1. The molecule has 0 saturated carbocycles. The molecule has 0 radical (unpaired) electrons. The molecule has 0 amide bonds. The number of aromatic nitrogens is 5. The van der Waals surface area contributed by atoms with Crippen molar-refractivity contribution in [2.75, 3.05) is 5.32 Å². The lowest BCUT2D eigenvalue weighted by molar-refractivity contribution is 0.111. The molecule has 0 aliphatic heterocycles. The molecule has 7 nitrogen and oxygen atoms in total. The number of aldehydes is 1. The molecule has 2 N–H and O–H groups in total. The van der Waals surface area contributed by atoms with Crippen molar-refractivity contribution < 1.29 is 9.18 Å². The molecule has 3 heterocycles. The summed E-state index contributed by atoms with van der Waals surface area (Å²) in [6, 6.07) is 20.2. The molecule has 0 bridgehead atoms. The second-order valence-electron chi connectivity index (χ2n) is 8.25. The van der Waals surface area contributed by atoms with Gasteiger partial charge in [0.25, 0.3) is 0 Å². The van der Waals surface area contributed by atoms with E-state index >= 15 is 0 Å². The molecule has 170 valence electrons. The van der Waals surface area contributed by atoms with Crippen LogP contribution in [-0.4, -0.2) is 31.0 Å². The molecular weight excluding hydrogens is 443 g/mol. The summed E-state index contributed by atoms with van der Waals surface area (Å²) < 4.78 is 15.4. The Labute approximate surface area is 199 Å². The molecular formula is C27H19FN6O. The van der Waals surface area contributed by atoms with Crippen LogP contribution in [0.4, 0.5) is 15.9 Å². The van der Waals surface area contributed by atoms with E-state index < -0.39 is 0 Å². The van der Waals surface area contributed by atoms with Gasteiger partial charge in [0.15, 0.2) is 6.29 Å². The number of aromatic amines is 1. The molecule has 0 atom stereocenters. The lowest BCUT2D eigenvalue weighted by Crippen LogP contribution is -2.01. The molecule has 0 spiro atoms. The van der Waals surface area contributed by atoms with Crippen molar-refractivity contribution in [3.05, 3.63) is 103 Å². The Bertz CT molecular complexity index is 1700. The molecule has 3 aromatic heterocycles. The summed E-state index contributed by atoms with van der Waals surface area (Å²) in [5.41, 5.74) is 5.86. The van der Waals surface area contributed by atoms with Crippen molar-refractivity contribution in [2.45, 2.75) is 6.54 Å². The van der Waals surface area contributed by atoms with Crippen molar-refractivity contribution in [1.29, 1.82) is 0 Å². The van der Waals surface area contributed by atoms with Crippen molar-refractivity contribution >= 4 is 39.6 Å². The number of hydrogen-bond donors (Lipinski definition) is 2. The standard InChI is InChI=1S/C27H19FN6O/c28-21-3-1-2-17(8-21)14-34-26-7-5-22(10-20(26)13-32-34)33-27-24-11-18(4-6-25(24)30-16-31-27)19-9-23(15-35)29-12-19/h1-13,15-16,29H,14H2,(H,30,31,33). The maximum Gasteiger partial charge on any atom is 0.166 e. The third-order valence-electron chi connectivity index (χ3n) is 5.93. The molecule has 3 aromatic carbocycles. The number of rotatable bonds is 6. The molecule has 0 fully saturated rings. The summed E-state index contributed by atoms with van der Waals surface area (Å²) in [6.45, 7) is 0.484. The monoisotopic (exact) mass is 462 g/mol. The number of carbonyl (C=O) groups is 1. The van der Waals surface area contributed by atoms with Crippen LogP contribution < -0.4 is 5.32 Å². The smallest absolute Gasteiger partial charge is 0.166 e. The minimum absolute atomic E-state index is 0.258. The Kier molecular flexibility index (Phi) is 5.03. The Morgan fingerprint density at radius 2 is 1.94 bits per heavy atom. The number of anilines is 2. The van der Waals surface area contributed by atoms with Gasteiger partial charge in [-0.15, -0.1) is 0 Å². The lowest BCUT2D eigenvalue weighted by atomic mass is 10.1. The number of nitrogens with zero attached hydrogens (tertiary/aromatic N) is 4. The minimum Gasteiger partial charge on any atom is -0.358 e. The first-order valence-electron chi connectivity index (χ1n) is 11.0. The zero-order valence-corrected chi connectivity index (χ0v) is 18.4. The summed E-state index contributed by atoms with van der Waals surface area (Å²) >= 11 is 0. The van der Waals surface area contributed by atoms with Gasteiger partial charge in [-0.25, -0.2) is 14.4 Å².